The molecule has 2 aliphatic rings. The zero-order valence-corrected chi connectivity index (χ0v) is 27.1. The van der Waals surface area contributed by atoms with Gasteiger partial charge in [-0.1, -0.05) is 123 Å². The molecule has 0 amide bonds. The molecule has 226 valence electrons. The Morgan fingerprint density at radius 2 is 1.30 bits per heavy atom. The molecule has 1 nitrogen and oxygen atoms in total. The molecule has 0 heterocycles. The second-order valence-electron chi connectivity index (χ2n) is 13.9. The first-order chi connectivity index (χ1) is 22.9. The molecule has 0 saturated carbocycles. The maximum absolute atomic E-state index is 11.4. The van der Waals surface area contributed by atoms with E-state index in [2.05, 4.69) is 142 Å². The van der Waals surface area contributed by atoms with Crippen molar-refractivity contribution in [2.45, 2.75) is 39.0 Å². The van der Waals surface area contributed by atoms with E-state index in [0.717, 1.165) is 45.5 Å². The summed E-state index contributed by atoms with van der Waals surface area (Å²) in [6.45, 7) is 6.86. The summed E-state index contributed by atoms with van der Waals surface area (Å²) in [5.41, 5.74) is 16.8. The van der Waals surface area contributed by atoms with E-state index in [1.54, 1.807) is 0 Å². The minimum absolute atomic E-state index is 0.00306. The van der Waals surface area contributed by atoms with Crippen LogP contribution in [0.4, 0.5) is 0 Å². The summed E-state index contributed by atoms with van der Waals surface area (Å²) < 4.78 is 0. The number of aromatic hydroxyl groups is 1. The van der Waals surface area contributed by atoms with E-state index in [9.17, 15) is 5.11 Å². The smallest absolute Gasteiger partial charge is 0.124 e. The average molecular weight is 605 g/mol. The molecule has 0 atom stereocenters. The van der Waals surface area contributed by atoms with E-state index in [1.165, 1.54) is 61.2 Å². The summed E-state index contributed by atoms with van der Waals surface area (Å²) in [4.78, 5) is 0. The quantitative estimate of drug-likeness (QED) is 0.199. The fraction of sp³-hybridized carbons (Fsp3) is 0.130. The minimum Gasteiger partial charge on any atom is -0.507 e. The number of benzene rings is 7. The van der Waals surface area contributed by atoms with Crippen LogP contribution in [0.15, 0.2) is 127 Å². The Bertz CT molecular complexity index is 2460. The van der Waals surface area contributed by atoms with Gasteiger partial charge in [0.05, 0.1) is 0 Å². The Morgan fingerprint density at radius 3 is 2.17 bits per heavy atom. The molecule has 0 fully saturated rings. The Balaban J connectivity index is 1.15. The molecule has 1 heteroatoms. The van der Waals surface area contributed by atoms with Gasteiger partial charge < -0.3 is 5.11 Å². The van der Waals surface area contributed by atoms with Crippen LogP contribution in [0.3, 0.4) is 0 Å². The minimum atomic E-state index is 0.00306. The van der Waals surface area contributed by atoms with Gasteiger partial charge in [-0.3, -0.25) is 0 Å². The lowest BCUT2D eigenvalue weighted by Gasteiger charge is -2.23. The summed E-state index contributed by atoms with van der Waals surface area (Å²) in [6, 6.07) is 46.2. The molecule has 1 N–H and O–H groups in total. The Hall–Kier alpha value is -5.40. The van der Waals surface area contributed by atoms with E-state index in [0.29, 0.717) is 5.75 Å². The zero-order chi connectivity index (χ0) is 31.9. The number of allylic oxidation sites excluding steroid dienone is 1. The van der Waals surface area contributed by atoms with Crippen molar-refractivity contribution in [1.29, 1.82) is 0 Å². The SMILES string of the molecule is Cc1ccccc1-c1cc(-c2ccc3c(c2)CCC(c2ccc4c(c2)C(C)(C)c2ccccc2-4)=C3)cc2c1c(O)cc1ccccc12. The molecule has 7 aromatic carbocycles. The van der Waals surface area contributed by atoms with E-state index >= 15 is 0 Å². The second kappa shape index (κ2) is 10.3. The molecule has 47 heavy (non-hydrogen) atoms. The van der Waals surface area contributed by atoms with Gasteiger partial charge >= 0.3 is 0 Å². The summed E-state index contributed by atoms with van der Waals surface area (Å²) in [5, 5.41) is 15.6. The molecule has 0 aliphatic heterocycles. The molecule has 0 aromatic heterocycles. The van der Waals surface area contributed by atoms with Crippen LogP contribution in [0.5, 0.6) is 5.75 Å². The van der Waals surface area contributed by atoms with Gasteiger partial charge in [0, 0.05) is 10.8 Å². The van der Waals surface area contributed by atoms with Crippen LogP contribution in [0, 0.1) is 6.92 Å². The molecular weight excluding hydrogens is 569 g/mol. The number of rotatable bonds is 3. The first kappa shape index (κ1) is 27.9. The number of hydrogen-bond donors (Lipinski definition) is 1. The highest BCUT2D eigenvalue weighted by Gasteiger charge is 2.35. The van der Waals surface area contributed by atoms with Gasteiger partial charge in [-0.25, -0.2) is 0 Å². The molecule has 7 aromatic rings. The third-order valence-corrected chi connectivity index (χ3v) is 10.8. The molecule has 0 spiro atoms. The normalized spacial score (nSPS) is 14.5. The van der Waals surface area contributed by atoms with Crippen LogP contribution in [0.2, 0.25) is 0 Å². The fourth-order valence-electron chi connectivity index (χ4n) is 8.28. The second-order valence-corrected chi connectivity index (χ2v) is 13.9. The first-order valence-corrected chi connectivity index (χ1v) is 16.7. The highest BCUT2D eigenvalue weighted by Crippen LogP contribution is 2.50. The molecule has 0 radical (unpaired) electrons. The average Bonchev–Trinajstić information content (AvgIpc) is 3.33. The standard InChI is InChI=1S/C46H36O/c1-28-10-4-6-12-36(28)40-24-35(25-41-37-13-7-5-11-34(37)27-44(47)45(40)41)32-19-18-29-22-31(17-16-30(29)23-32)33-20-21-39-38-14-8-9-15-42(38)46(2,3)43(39)26-33/h4-15,18-27,47H,16-17H2,1-3H3. The maximum Gasteiger partial charge on any atom is 0.124 e. The largest absolute Gasteiger partial charge is 0.507 e. The van der Waals surface area contributed by atoms with Crippen molar-refractivity contribution in [3.8, 4) is 39.1 Å². The highest BCUT2D eigenvalue weighted by atomic mass is 16.3. The van der Waals surface area contributed by atoms with Crippen LogP contribution in [0.1, 0.15) is 53.6 Å². The number of phenols is 1. The van der Waals surface area contributed by atoms with Crippen molar-refractivity contribution in [2.24, 2.45) is 0 Å². The molecule has 2 aliphatic carbocycles. The fourth-order valence-corrected chi connectivity index (χ4v) is 8.28. The molecule has 0 bridgehead atoms. The van der Waals surface area contributed by atoms with E-state index in [4.69, 9.17) is 0 Å². The topological polar surface area (TPSA) is 20.2 Å². The number of phenolic OH excluding ortho intramolecular Hbond substituents is 1. The van der Waals surface area contributed by atoms with Crippen molar-refractivity contribution >= 4 is 33.2 Å². The van der Waals surface area contributed by atoms with Gasteiger partial charge in [-0.15, -0.1) is 0 Å². The van der Waals surface area contributed by atoms with Crippen LogP contribution in [-0.4, -0.2) is 5.11 Å². The summed E-state index contributed by atoms with van der Waals surface area (Å²) in [7, 11) is 0. The van der Waals surface area contributed by atoms with Crippen molar-refractivity contribution in [3.63, 3.8) is 0 Å². The lowest BCUT2D eigenvalue weighted by molar-refractivity contribution is 0.482. The molecule has 0 unspecified atom stereocenters. The molecular formula is C46H36O. The number of hydrogen-bond acceptors (Lipinski definition) is 1. The Kier molecular flexibility index (Phi) is 6.11. The number of aryl methyl sites for hydroxylation is 2. The predicted octanol–water partition coefficient (Wildman–Crippen LogP) is 12.1. The van der Waals surface area contributed by atoms with Crippen LogP contribution >= 0.6 is 0 Å². The van der Waals surface area contributed by atoms with Crippen LogP contribution in [0.25, 0.3) is 66.6 Å². The van der Waals surface area contributed by atoms with Gasteiger partial charge in [0.2, 0.25) is 0 Å². The summed E-state index contributed by atoms with van der Waals surface area (Å²) in [5.74, 6) is 0.324. The number of fused-ring (bicyclic) bond motifs is 7. The lowest BCUT2D eigenvalue weighted by atomic mass is 9.80. The third-order valence-electron chi connectivity index (χ3n) is 10.8. The van der Waals surface area contributed by atoms with Crippen molar-refractivity contribution in [3.05, 3.63) is 161 Å². The maximum atomic E-state index is 11.4. The van der Waals surface area contributed by atoms with Crippen molar-refractivity contribution < 1.29 is 5.11 Å². The van der Waals surface area contributed by atoms with Gasteiger partial charge in [0.25, 0.3) is 0 Å². The summed E-state index contributed by atoms with van der Waals surface area (Å²) >= 11 is 0. The first-order valence-electron chi connectivity index (χ1n) is 16.7. The Morgan fingerprint density at radius 1 is 0.553 bits per heavy atom. The van der Waals surface area contributed by atoms with Gasteiger partial charge in [-0.05, 0) is 133 Å². The molecule has 0 saturated heterocycles. The zero-order valence-electron chi connectivity index (χ0n) is 27.1. The van der Waals surface area contributed by atoms with E-state index in [-0.39, 0.29) is 5.41 Å². The van der Waals surface area contributed by atoms with Gasteiger partial charge in [-0.2, -0.15) is 0 Å². The van der Waals surface area contributed by atoms with E-state index in [1.807, 2.05) is 12.1 Å². The van der Waals surface area contributed by atoms with E-state index < -0.39 is 0 Å². The highest BCUT2D eigenvalue weighted by molar-refractivity contribution is 6.16. The van der Waals surface area contributed by atoms with Crippen molar-refractivity contribution in [1.82, 2.24) is 0 Å². The lowest BCUT2D eigenvalue weighted by Crippen LogP contribution is -2.15. The molecule has 9 rings (SSSR count). The van der Waals surface area contributed by atoms with Gasteiger partial charge in [0.15, 0.2) is 0 Å². The Labute approximate surface area is 276 Å². The van der Waals surface area contributed by atoms with Gasteiger partial charge in [0.1, 0.15) is 5.75 Å². The van der Waals surface area contributed by atoms with Crippen LogP contribution < -0.4 is 0 Å². The van der Waals surface area contributed by atoms with Crippen molar-refractivity contribution in [2.75, 3.05) is 0 Å². The monoisotopic (exact) mass is 604 g/mol. The van der Waals surface area contributed by atoms with Crippen LogP contribution in [-0.2, 0) is 11.8 Å². The summed E-state index contributed by atoms with van der Waals surface area (Å²) in [6.07, 6.45) is 4.44. The predicted molar refractivity (Wildman–Crippen MR) is 199 cm³/mol. The third kappa shape index (κ3) is 4.30.